The van der Waals surface area contributed by atoms with Gasteiger partial charge in [-0.05, 0) is 55.5 Å². The zero-order valence-electron chi connectivity index (χ0n) is 10.8. The molecule has 0 saturated carbocycles. The van der Waals surface area contributed by atoms with Crippen molar-refractivity contribution in [3.63, 3.8) is 0 Å². The fourth-order valence-corrected chi connectivity index (χ4v) is 3.18. The van der Waals surface area contributed by atoms with E-state index in [1.807, 2.05) is 38.1 Å². The number of aryl methyl sites for hydroxylation is 1. The molecule has 1 atom stereocenters. The maximum absolute atomic E-state index is 6.51. The van der Waals surface area contributed by atoms with Gasteiger partial charge in [-0.2, -0.15) is 0 Å². The highest BCUT2D eigenvalue weighted by Crippen LogP contribution is 2.35. The molecule has 0 saturated heterocycles. The molecule has 0 fully saturated rings. The minimum atomic E-state index is -0.0712. The predicted octanol–water partition coefficient (Wildman–Crippen LogP) is 5.17. The topological polar surface area (TPSA) is 9.23 Å². The van der Waals surface area contributed by atoms with Crippen molar-refractivity contribution >= 4 is 22.9 Å². The molecule has 1 aromatic carbocycles. The lowest BCUT2D eigenvalue weighted by Gasteiger charge is -2.12. The second kappa shape index (κ2) is 5.77. The average Bonchev–Trinajstić information content (AvgIpc) is 2.75. The molecular formula is C15H17ClOS. The van der Waals surface area contributed by atoms with E-state index in [1.54, 1.807) is 11.3 Å². The monoisotopic (exact) mass is 280 g/mol. The number of benzene rings is 1. The van der Waals surface area contributed by atoms with Crippen molar-refractivity contribution in [1.82, 2.24) is 0 Å². The molecule has 0 N–H and O–H groups in total. The van der Waals surface area contributed by atoms with Crippen LogP contribution in [0.25, 0.3) is 0 Å². The van der Waals surface area contributed by atoms with Crippen LogP contribution < -0.4 is 4.74 Å². The molecule has 1 aromatic heterocycles. The first-order chi connectivity index (χ1) is 8.58. The van der Waals surface area contributed by atoms with E-state index in [9.17, 15) is 0 Å². The largest absolute Gasteiger partial charge is 0.491 e. The second-order valence-electron chi connectivity index (χ2n) is 4.57. The molecule has 2 rings (SSSR count). The number of rotatable bonds is 4. The molecule has 18 heavy (non-hydrogen) atoms. The van der Waals surface area contributed by atoms with Gasteiger partial charge in [-0.15, -0.1) is 22.9 Å². The molecule has 0 aliphatic heterocycles. The van der Waals surface area contributed by atoms with Crippen LogP contribution in [0.5, 0.6) is 5.75 Å². The summed E-state index contributed by atoms with van der Waals surface area (Å²) in [6.07, 6.45) is 0.196. The quantitative estimate of drug-likeness (QED) is 0.702. The first kappa shape index (κ1) is 13.4. The number of hydrogen-bond donors (Lipinski definition) is 0. The van der Waals surface area contributed by atoms with E-state index >= 15 is 0 Å². The Morgan fingerprint density at radius 2 is 1.78 bits per heavy atom. The second-order valence-corrected chi connectivity index (χ2v) is 5.95. The van der Waals surface area contributed by atoms with Gasteiger partial charge in [0.15, 0.2) is 0 Å². The van der Waals surface area contributed by atoms with Gasteiger partial charge in [0.1, 0.15) is 5.75 Å². The van der Waals surface area contributed by atoms with E-state index in [0.29, 0.717) is 0 Å². The Kier molecular flexibility index (Phi) is 4.31. The molecule has 0 bridgehead atoms. The van der Waals surface area contributed by atoms with Gasteiger partial charge in [-0.1, -0.05) is 12.1 Å². The van der Waals surface area contributed by atoms with Crippen molar-refractivity contribution in [2.75, 3.05) is 0 Å². The van der Waals surface area contributed by atoms with Crippen LogP contribution in [-0.2, 0) is 0 Å². The highest BCUT2D eigenvalue weighted by Gasteiger charge is 2.14. The standard InChI is InChI=1S/C15H17ClOS/c1-10(2)17-13-6-4-12(5-7-13)14(16)15-11(3)8-9-18-15/h4-10,14H,1-3H3. The van der Waals surface area contributed by atoms with E-state index in [2.05, 4.69) is 18.4 Å². The van der Waals surface area contributed by atoms with Crippen LogP contribution in [0.15, 0.2) is 35.7 Å². The SMILES string of the molecule is Cc1ccsc1C(Cl)c1ccc(OC(C)C)cc1. The van der Waals surface area contributed by atoms with Crippen molar-refractivity contribution in [2.24, 2.45) is 0 Å². The Hall–Kier alpha value is -0.990. The van der Waals surface area contributed by atoms with Gasteiger partial charge in [0.2, 0.25) is 0 Å². The molecule has 3 heteroatoms. The molecule has 0 amide bonds. The van der Waals surface area contributed by atoms with E-state index < -0.39 is 0 Å². The number of thiophene rings is 1. The number of ether oxygens (including phenoxy) is 1. The summed E-state index contributed by atoms with van der Waals surface area (Å²) < 4.78 is 5.62. The first-order valence-corrected chi connectivity index (χ1v) is 7.34. The molecule has 0 aliphatic carbocycles. The molecular weight excluding hydrogens is 264 g/mol. The first-order valence-electron chi connectivity index (χ1n) is 6.02. The zero-order valence-corrected chi connectivity index (χ0v) is 12.4. The van der Waals surface area contributed by atoms with E-state index in [1.165, 1.54) is 10.4 Å². The average molecular weight is 281 g/mol. The third-order valence-corrected chi connectivity index (χ3v) is 4.36. The Bertz CT molecular complexity index is 501. The van der Waals surface area contributed by atoms with Crippen molar-refractivity contribution in [3.05, 3.63) is 51.7 Å². The van der Waals surface area contributed by atoms with Gasteiger partial charge < -0.3 is 4.74 Å². The van der Waals surface area contributed by atoms with E-state index in [4.69, 9.17) is 16.3 Å². The van der Waals surface area contributed by atoms with E-state index in [0.717, 1.165) is 11.3 Å². The molecule has 1 unspecified atom stereocenters. The van der Waals surface area contributed by atoms with Gasteiger partial charge in [-0.25, -0.2) is 0 Å². The Balaban J connectivity index is 2.17. The van der Waals surface area contributed by atoms with Gasteiger partial charge in [0.05, 0.1) is 11.5 Å². The summed E-state index contributed by atoms with van der Waals surface area (Å²) in [6.45, 7) is 6.14. The molecule has 0 radical (unpaired) electrons. The minimum absolute atomic E-state index is 0.0712. The summed E-state index contributed by atoms with van der Waals surface area (Å²) >= 11 is 8.21. The lowest BCUT2D eigenvalue weighted by atomic mass is 10.1. The number of halogens is 1. The highest BCUT2D eigenvalue weighted by molar-refractivity contribution is 7.10. The summed E-state index contributed by atoms with van der Waals surface area (Å²) in [4.78, 5) is 1.22. The van der Waals surface area contributed by atoms with Crippen LogP contribution in [0.4, 0.5) is 0 Å². The summed E-state index contributed by atoms with van der Waals surface area (Å²) in [6, 6.07) is 10.1. The lowest BCUT2D eigenvalue weighted by molar-refractivity contribution is 0.242. The van der Waals surface area contributed by atoms with Gasteiger partial charge >= 0.3 is 0 Å². The Labute approximate surface area is 117 Å². The summed E-state index contributed by atoms with van der Waals surface area (Å²) in [5, 5.41) is 2.01. The van der Waals surface area contributed by atoms with Crippen LogP contribution in [0.3, 0.4) is 0 Å². The molecule has 0 spiro atoms. The fourth-order valence-electron chi connectivity index (χ4n) is 1.78. The van der Waals surface area contributed by atoms with Gasteiger partial charge in [0.25, 0.3) is 0 Å². The molecule has 1 nitrogen and oxygen atoms in total. The van der Waals surface area contributed by atoms with Crippen molar-refractivity contribution in [3.8, 4) is 5.75 Å². The maximum atomic E-state index is 6.51. The van der Waals surface area contributed by atoms with Crippen molar-refractivity contribution in [2.45, 2.75) is 32.3 Å². The number of hydrogen-bond acceptors (Lipinski definition) is 2. The van der Waals surface area contributed by atoms with Crippen LogP contribution in [0.1, 0.15) is 35.2 Å². The molecule has 0 aliphatic rings. The number of alkyl halides is 1. The van der Waals surface area contributed by atoms with Gasteiger partial charge in [0, 0.05) is 4.88 Å². The summed E-state index contributed by atoms with van der Waals surface area (Å²) in [5.41, 5.74) is 2.36. The predicted molar refractivity (Wildman–Crippen MR) is 79.0 cm³/mol. The smallest absolute Gasteiger partial charge is 0.119 e. The Morgan fingerprint density at radius 1 is 1.11 bits per heavy atom. The van der Waals surface area contributed by atoms with Crippen LogP contribution in [0, 0.1) is 6.92 Å². The van der Waals surface area contributed by atoms with Gasteiger partial charge in [-0.3, -0.25) is 0 Å². The van der Waals surface area contributed by atoms with Crippen molar-refractivity contribution in [1.29, 1.82) is 0 Å². The van der Waals surface area contributed by atoms with Crippen LogP contribution in [0.2, 0.25) is 0 Å². The fraction of sp³-hybridized carbons (Fsp3) is 0.333. The third kappa shape index (κ3) is 3.06. The molecule has 2 aromatic rings. The Morgan fingerprint density at radius 3 is 2.28 bits per heavy atom. The van der Waals surface area contributed by atoms with E-state index in [-0.39, 0.29) is 11.5 Å². The zero-order chi connectivity index (χ0) is 13.1. The third-order valence-electron chi connectivity index (χ3n) is 2.68. The minimum Gasteiger partial charge on any atom is -0.491 e. The summed E-state index contributed by atoms with van der Waals surface area (Å²) in [5.74, 6) is 0.889. The van der Waals surface area contributed by atoms with Crippen molar-refractivity contribution < 1.29 is 4.74 Å². The van der Waals surface area contributed by atoms with Crippen LogP contribution >= 0.6 is 22.9 Å². The summed E-state index contributed by atoms with van der Waals surface area (Å²) in [7, 11) is 0. The van der Waals surface area contributed by atoms with Crippen LogP contribution in [-0.4, -0.2) is 6.10 Å². The molecule has 1 heterocycles. The molecule has 96 valence electrons. The normalized spacial score (nSPS) is 12.7. The lowest BCUT2D eigenvalue weighted by Crippen LogP contribution is -2.05. The highest BCUT2D eigenvalue weighted by atomic mass is 35.5. The maximum Gasteiger partial charge on any atom is 0.119 e.